The van der Waals surface area contributed by atoms with E-state index in [1.807, 2.05) is 0 Å². The monoisotopic (exact) mass is 361 g/mol. The minimum Gasteiger partial charge on any atom is -0.486 e. The Balaban J connectivity index is 2.18. The van der Waals surface area contributed by atoms with Crippen LogP contribution in [0, 0.1) is 17.5 Å². The molecule has 3 rings (SSSR count). The highest BCUT2D eigenvalue weighted by atomic mass is 19.1. The highest BCUT2D eigenvalue weighted by molar-refractivity contribution is 6.03. The van der Waals surface area contributed by atoms with E-state index in [1.54, 1.807) is 6.92 Å². The molecule has 1 aliphatic heterocycles. The maximum absolute atomic E-state index is 14.3. The number of nitrogens with two attached hydrogens (primary N) is 2. The summed E-state index contributed by atoms with van der Waals surface area (Å²) in [6, 6.07) is 5.46. The van der Waals surface area contributed by atoms with Crippen molar-refractivity contribution in [2.45, 2.75) is 13.0 Å². The van der Waals surface area contributed by atoms with Crippen molar-refractivity contribution in [3.63, 3.8) is 0 Å². The predicted octanol–water partition coefficient (Wildman–Crippen LogP) is 2.73. The van der Waals surface area contributed by atoms with Crippen LogP contribution in [0.4, 0.5) is 13.2 Å². The van der Waals surface area contributed by atoms with Gasteiger partial charge in [0.2, 0.25) is 0 Å². The van der Waals surface area contributed by atoms with Gasteiger partial charge in [-0.1, -0.05) is 0 Å². The van der Waals surface area contributed by atoms with Crippen molar-refractivity contribution >= 4 is 17.4 Å². The molecule has 1 atom stereocenters. The van der Waals surface area contributed by atoms with Crippen molar-refractivity contribution in [1.29, 1.82) is 0 Å². The molecule has 0 bridgehead atoms. The number of halogens is 3. The van der Waals surface area contributed by atoms with Crippen LogP contribution in [0.25, 0.3) is 5.57 Å². The van der Waals surface area contributed by atoms with E-state index in [1.165, 1.54) is 24.3 Å². The fourth-order valence-corrected chi connectivity index (χ4v) is 2.73. The number of hydrogen-bond acceptors (Lipinski definition) is 2. The zero-order chi connectivity index (χ0) is 19.0. The number of benzene rings is 2. The van der Waals surface area contributed by atoms with E-state index < -0.39 is 41.0 Å². The van der Waals surface area contributed by atoms with Gasteiger partial charge in [0.15, 0.2) is 5.96 Å². The number of carbonyl (C=O) groups excluding carboxylic acids is 1. The summed E-state index contributed by atoms with van der Waals surface area (Å²) in [5, 5.41) is 0. The lowest BCUT2D eigenvalue weighted by molar-refractivity contribution is 0.100. The van der Waals surface area contributed by atoms with Gasteiger partial charge >= 0.3 is 0 Å². The van der Waals surface area contributed by atoms with E-state index in [9.17, 15) is 18.0 Å². The van der Waals surface area contributed by atoms with E-state index in [-0.39, 0.29) is 16.7 Å². The van der Waals surface area contributed by atoms with Crippen molar-refractivity contribution in [2.75, 3.05) is 0 Å². The topological polar surface area (TPSA) is 90.7 Å². The number of hydrogen-bond donors (Lipinski definition) is 2. The summed E-state index contributed by atoms with van der Waals surface area (Å²) < 4.78 is 47.4. The van der Waals surface area contributed by atoms with Crippen LogP contribution in [-0.4, -0.2) is 18.0 Å². The molecule has 2 aromatic rings. The number of carbonyl (C=O) groups is 1. The Kier molecular flexibility index (Phi) is 4.41. The van der Waals surface area contributed by atoms with Crippen LogP contribution in [0.5, 0.6) is 5.75 Å². The van der Waals surface area contributed by atoms with Gasteiger partial charge in [-0.25, -0.2) is 13.2 Å². The minimum absolute atomic E-state index is 0.101. The van der Waals surface area contributed by atoms with Gasteiger partial charge in [-0.05, 0) is 36.8 Å². The van der Waals surface area contributed by atoms with Crippen LogP contribution < -0.4 is 16.2 Å². The Labute approximate surface area is 146 Å². The van der Waals surface area contributed by atoms with Gasteiger partial charge in [-0.15, -0.1) is 0 Å². The van der Waals surface area contributed by atoms with Crippen LogP contribution in [0.1, 0.15) is 28.4 Å². The number of rotatable bonds is 2. The predicted molar refractivity (Wildman–Crippen MR) is 90.1 cm³/mol. The highest BCUT2D eigenvalue weighted by Gasteiger charge is 2.25. The van der Waals surface area contributed by atoms with E-state index in [4.69, 9.17) is 16.2 Å². The summed E-state index contributed by atoms with van der Waals surface area (Å²) in [5.41, 5.74) is 10.5. The van der Waals surface area contributed by atoms with E-state index in [2.05, 4.69) is 4.99 Å². The first kappa shape index (κ1) is 17.5. The Morgan fingerprint density at radius 2 is 1.77 bits per heavy atom. The average molecular weight is 361 g/mol. The lowest BCUT2D eigenvalue weighted by atomic mass is 9.91. The second-order valence-electron chi connectivity index (χ2n) is 5.70. The highest BCUT2D eigenvalue weighted by Crippen LogP contribution is 2.38. The summed E-state index contributed by atoms with van der Waals surface area (Å²) in [6.07, 6.45) is 0.997. The molecule has 0 aromatic heterocycles. The van der Waals surface area contributed by atoms with Crippen LogP contribution >= 0.6 is 0 Å². The SMILES string of the molecule is CC1C=C(c2c(F)cc(F)cc2F)c2cc(C(=O)N=C(N)N)ccc2O1. The van der Waals surface area contributed by atoms with Gasteiger partial charge < -0.3 is 16.2 Å². The normalized spacial score (nSPS) is 15.5. The number of nitrogens with zero attached hydrogens (tertiary/aromatic N) is 1. The molecule has 1 heterocycles. The molecule has 26 heavy (non-hydrogen) atoms. The van der Waals surface area contributed by atoms with Gasteiger partial charge in [0.1, 0.15) is 29.3 Å². The molecule has 134 valence electrons. The number of aliphatic imine (C=N–C) groups is 1. The summed E-state index contributed by atoms with van der Waals surface area (Å²) in [6.45, 7) is 1.68. The lowest BCUT2D eigenvalue weighted by Gasteiger charge is -2.24. The fraction of sp³-hybridized carbons (Fsp3) is 0.111. The maximum atomic E-state index is 14.3. The van der Waals surface area contributed by atoms with Gasteiger partial charge in [0, 0.05) is 23.3 Å². The summed E-state index contributed by atoms with van der Waals surface area (Å²) >= 11 is 0. The van der Waals surface area contributed by atoms with E-state index >= 15 is 0 Å². The third-order valence-corrected chi connectivity index (χ3v) is 3.74. The van der Waals surface area contributed by atoms with Crippen LogP contribution in [0.3, 0.4) is 0 Å². The van der Waals surface area contributed by atoms with Crippen LogP contribution in [0.15, 0.2) is 41.4 Å². The Hall–Kier alpha value is -3.29. The molecule has 5 nitrogen and oxygen atoms in total. The quantitative estimate of drug-likeness (QED) is 0.636. The molecule has 0 saturated carbocycles. The molecule has 2 aromatic carbocycles. The Morgan fingerprint density at radius 3 is 2.38 bits per heavy atom. The van der Waals surface area contributed by atoms with Crippen molar-refractivity contribution in [3.8, 4) is 5.75 Å². The third kappa shape index (κ3) is 3.26. The molecule has 1 aliphatic rings. The lowest BCUT2D eigenvalue weighted by Crippen LogP contribution is -2.24. The number of amides is 1. The van der Waals surface area contributed by atoms with Gasteiger partial charge in [0.25, 0.3) is 5.91 Å². The van der Waals surface area contributed by atoms with Crippen molar-refractivity contribution < 1.29 is 22.7 Å². The van der Waals surface area contributed by atoms with Crippen LogP contribution in [0.2, 0.25) is 0 Å². The third-order valence-electron chi connectivity index (χ3n) is 3.74. The number of ether oxygens (including phenoxy) is 1. The maximum Gasteiger partial charge on any atom is 0.280 e. The van der Waals surface area contributed by atoms with E-state index in [0.717, 1.165) is 0 Å². The molecule has 0 spiro atoms. The first-order valence-corrected chi connectivity index (χ1v) is 7.58. The largest absolute Gasteiger partial charge is 0.486 e. The summed E-state index contributed by atoms with van der Waals surface area (Å²) in [4.78, 5) is 15.5. The second kappa shape index (κ2) is 6.55. The zero-order valence-corrected chi connectivity index (χ0v) is 13.6. The minimum atomic E-state index is -1.06. The molecular formula is C18H14F3N3O2. The molecular weight excluding hydrogens is 347 g/mol. The van der Waals surface area contributed by atoms with E-state index in [0.29, 0.717) is 17.9 Å². The standard InChI is InChI=1S/C18H14F3N3O2/c1-8-4-12(16-13(20)6-10(19)7-14(16)21)11-5-9(2-3-15(11)26-8)17(25)24-18(22)23/h2-8H,1H3,(H4,22,23,24,25). The molecule has 0 saturated heterocycles. The molecule has 0 fully saturated rings. The van der Waals surface area contributed by atoms with Crippen molar-refractivity contribution in [3.05, 3.63) is 70.5 Å². The van der Waals surface area contributed by atoms with Crippen molar-refractivity contribution in [1.82, 2.24) is 0 Å². The molecule has 8 heteroatoms. The molecule has 1 unspecified atom stereocenters. The smallest absolute Gasteiger partial charge is 0.280 e. The first-order valence-electron chi connectivity index (χ1n) is 7.58. The number of guanidine groups is 1. The first-order chi connectivity index (χ1) is 12.3. The Morgan fingerprint density at radius 1 is 1.12 bits per heavy atom. The molecule has 0 aliphatic carbocycles. The average Bonchev–Trinajstić information content (AvgIpc) is 2.52. The summed E-state index contributed by atoms with van der Waals surface area (Å²) in [7, 11) is 0. The van der Waals surface area contributed by atoms with Gasteiger partial charge in [-0.2, -0.15) is 4.99 Å². The molecule has 4 N–H and O–H groups in total. The molecule has 0 radical (unpaired) electrons. The molecule has 1 amide bonds. The second-order valence-corrected chi connectivity index (χ2v) is 5.70. The summed E-state index contributed by atoms with van der Waals surface area (Å²) in [5.74, 6) is -3.96. The fourth-order valence-electron chi connectivity index (χ4n) is 2.73. The van der Waals surface area contributed by atoms with Gasteiger partial charge in [0.05, 0.1) is 5.56 Å². The van der Waals surface area contributed by atoms with Crippen molar-refractivity contribution in [2.24, 2.45) is 16.5 Å². The zero-order valence-electron chi connectivity index (χ0n) is 13.6. The van der Waals surface area contributed by atoms with Gasteiger partial charge in [-0.3, -0.25) is 4.79 Å². The van der Waals surface area contributed by atoms with Crippen LogP contribution in [-0.2, 0) is 0 Å². The Bertz CT molecular complexity index is 943. The number of fused-ring (bicyclic) bond motifs is 1.